The largest absolute Gasteiger partial charge is 0.756 e. The molecule has 0 aliphatic carbocycles. The smallest absolute Gasteiger partial charge is 0.268 e. The third-order valence-corrected chi connectivity index (χ3v) is 16.2. The summed E-state index contributed by atoms with van der Waals surface area (Å²) in [7, 11) is 1.32. The van der Waals surface area contributed by atoms with Crippen molar-refractivity contribution in [2.45, 2.75) is 353 Å². The second-order valence-corrected chi connectivity index (χ2v) is 25.2. The van der Waals surface area contributed by atoms with Crippen LogP contribution in [-0.4, -0.2) is 68.5 Å². The first-order valence-electron chi connectivity index (χ1n) is 32.5. The van der Waals surface area contributed by atoms with Crippen LogP contribution in [0, 0.1) is 0 Å². The molecule has 0 bridgehead atoms. The van der Waals surface area contributed by atoms with Gasteiger partial charge in [0.25, 0.3) is 7.82 Å². The van der Waals surface area contributed by atoms with Gasteiger partial charge in [0, 0.05) is 6.42 Å². The Kier molecular flexibility index (Phi) is 55.4. The van der Waals surface area contributed by atoms with E-state index in [1.54, 1.807) is 0 Å². The molecule has 0 radical (unpaired) electrons. The average Bonchev–Trinajstić information content (AvgIpc) is 3.35. The number of quaternary nitrogens is 1. The molecule has 3 unspecified atom stereocenters. The molecule has 0 spiro atoms. The number of nitrogens with one attached hydrogen (secondary N) is 1. The average molecular weight is 1050 g/mol. The Hall–Kier alpha value is -0.760. The normalized spacial score (nSPS) is 13.8. The van der Waals surface area contributed by atoms with Crippen molar-refractivity contribution in [2.75, 3.05) is 40.9 Å². The van der Waals surface area contributed by atoms with Crippen LogP contribution >= 0.6 is 7.82 Å². The Balaban J connectivity index is 4.06. The zero-order valence-electron chi connectivity index (χ0n) is 49.9. The van der Waals surface area contributed by atoms with Gasteiger partial charge < -0.3 is 28.8 Å². The Morgan fingerprint density at radius 2 is 0.753 bits per heavy atom. The fourth-order valence-electron chi connectivity index (χ4n) is 10.2. The lowest BCUT2D eigenvalue weighted by Gasteiger charge is -2.30. The molecule has 436 valence electrons. The number of hydrogen-bond acceptors (Lipinski definition) is 6. The molecule has 3 atom stereocenters. The molecule has 0 aliphatic heterocycles. The number of phosphoric acid groups is 1. The van der Waals surface area contributed by atoms with Gasteiger partial charge in [-0.15, -0.1) is 0 Å². The van der Waals surface area contributed by atoms with Crippen LogP contribution < -0.4 is 10.2 Å². The van der Waals surface area contributed by atoms with Gasteiger partial charge in [0.1, 0.15) is 13.2 Å². The lowest BCUT2D eigenvalue weighted by atomic mass is 10.0. The highest BCUT2D eigenvalue weighted by molar-refractivity contribution is 7.45. The monoisotopic (exact) mass is 1050 g/mol. The molecule has 0 aromatic heterocycles. The van der Waals surface area contributed by atoms with Gasteiger partial charge in [0.15, 0.2) is 0 Å². The summed E-state index contributed by atoms with van der Waals surface area (Å²) in [5.74, 6) is -0.158. The standard InChI is InChI=1S/C64H129N2O6P/c1-6-8-10-12-14-16-18-20-22-24-26-28-30-31-32-33-34-36-38-40-42-44-46-48-50-52-54-56-58-64(68)65-62(61-72-73(69,70)71-60-59-66(3,4)5)63(67)57-55-53-51-49-47-45-43-41-39-37-35-29-27-25-23-21-19-17-15-13-11-9-7-2/h31-32,62-63,67H,6-30,33-61H2,1-5H3,(H-,65,68,69,70)/b32-31-. The molecule has 0 saturated carbocycles. The summed E-state index contributed by atoms with van der Waals surface area (Å²) >= 11 is 0. The van der Waals surface area contributed by atoms with Crippen molar-refractivity contribution in [2.24, 2.45) is 0 Å². The van der Waals surface area contributed by atoms with Gasteiger partial charge in [-0.3, -0.25) is 9.36 Å². The number of rotatable bonds is 61. The molecular weight excluding hydrogens is 924 g/mol. The molecular formula is C64H129N2O6P. The minimum absolute atomic E-state index is 0.0151. The van der Waals surface area contributed by atoms with Crippen LogP contribution in [0.1, 0.15) is 341 Å². The van der Waals surface area contributed by atoms with Crippen LogP contribution in [0.15, 0.2) is 12.2 Å². The maximum absolute atomic E-state index is 13.0. The van der Waals surface area contributed by atoms with E-state index in [0.29, 0.717) is 23.9 Å². The molecule has 0 saturated heterocycles. The van der Waals surface area contributed by atoms with Gasteiger partial charge in [-0.25, -0.2) is 0 Å². The van der Waals surface area contributed by atoms with Gasteiger partial charge >= 0.3 is 0 Å². The first-order valence-corrected chi connectivity index (χ1v) is 34.0. The predicted molar refractivity (Wildman–Crippen MR) is 316 cm³/mol. The zero-order chi connectivity index (χ0) is 53.5. The molecule has 0 aromatic carbocycles. The first-order chi connectivity index (χ1) is 35.5. The highest BCUT2D eigenvalue weighted by Crippen LogP contribution is 2.38. The van der Waals surface area contributed by atoms with Crippen molar-refractivity contribution < 1.29 is 32.9 Å². The zero-order valence-corrected chi connectivity index (χ0v) is 50.8. The Morgan fingerprint density at radius 3 is 1.07 bits per heavy atom. The van der Waals surface area contributed by atoms with Gasteiger partial charge in [-0.1, -0.05) is 309 Å². The number of amides is 1. The van der Waals surface area contributed by atoms with E-state index in [1.807, 2.05) is 21.1 Å². The van der Waals surface area contributed by atoms with Crippen molar-refractivity contribution in [3.8, 4) is 0 Å². The summed E-state index contributed by atoms with van der Waals surface area (Å²) in [5, 5.41) is 14.1. The number of unbranched alkanes of at least 4 members (excludes halogenated alkanes) is 46. The van der Waals surface area contributed by atoms with Gasteiger partial charge in [-0.2, -0.15) is 0 Å². The molecule has 2 N–H and O–H groups in total. The van der Waals surface area contributed by atoms with Gasteiger partial charge in [-0.05, 0) is 38.5 Å². The van der Waals surface area contributed by atoms with E-state index in [4.69, 9.17) is 9.05 Å². The minimum Gasteiger partial charge on any atom is -0.756 e. The van der Waals surface area contributed by atoms with Crippen LogP contribution in [0.5, 0.6) is 0 Å². The number of hydrogen-bond donors (Lipinski definition) is 2. The Bertz CT molecular complexity index is 1200. The van der Waals surface area contributed by atoms with E-state index >= 15 is 0 Å². The maximum atomic E-state index is 13.0. The number of carbonyl (C=O) groups excluding carboxylic acids is 1. The summed E-state index contributed by atoms with van der Waals surface area (Å²) in [6, 6.07) is -0.799. The fraction of sp³-hybridized carbons (Fsp3) is 0.953. The molecule has 0 aromatic rings. The quantitative estimate of drug-likeness (QED) is 0.0272. The van der Waals surface area contributed by atoms with E-state index in [2.05, 4.69) is 31.3 Å². The Morgan fingerprint density at radius 1 is 0.466 bits per heavy atom. The van der Waals surface area contributed by atoms with Crippen LogP contribution in [0.3, 0.4) is 0 Å². The number of phosphoric ester groups is 1. The molecule has 0 aliphatic rings. The molecule has 0 rings (SSSR count). The molecule has 0 fully saturated rings. The third-order valence-electron chi connectivity index (χ3n) is 15.3. The number of carbonyl (C=O) groups is 1. The Labute approximate surface area is 456 Å². The lowest BCUT2D eigenvalue weighted by Crippen LogP contribution is -2.46. The van der Waals surface area contributed by atoms with E-state index < -0.39 is 20.0 Å². The second-order valence-electron chi connectivity index (χ2n) is 23.8. The molecule has 73 heavy (non-hydrogen) atoms. The number of aliphatic hydroxyl groups is 1. The maximum Gasteiger partial charge on any atom is 0.268 e. The summed E-state index contributed by atoms with van der Waals surface area (Å²) in [4.78, 5) is 25.6. The fourth-order valence-corrected chi connectivity index (χ4v) is 10.9. The number of aliphatic hydroxyl groups excluding tert-OH is 1. The summed E-state index contributed by atoms with van der Waals surface area (Å²) in [6.07, 6.45) is 69.8. The highest BCUT2D eigenvalue weighted by Gasteiger charge is 2.24. The molecule has 8 nitrogen and oxygen atoms in total. The van der Waals surface area contributed by atoms with Crippen molar-refractivity contribution in [1.82, 2.24) is 5.32 Å². The van der Waals surface area contributed by atoms with Crippen LogP contribution in [0.2, 0.25) is 0 Å². The third kappa shape index (κ3) is 58.8. The minimum atomic E-state index is -4.57. The van der Waals surface area contributed by atoms with Crippen LogP contribution in [0.4, 0.5) is 0 Å². The SMILES string of the molecule is CCCCCCCCCCCCCC/C=C\CCCCCCCCCCCCCCC(=O)NC(COP(=O)([O-])OCC[N+](C)(C)C)C(O)CCCCCCCCCCCCCCCCCCCCCCCCC. The number of allylic oxidation sites excluding steroid dienone is 2. The highest BCUT2D eigenvalue weighted by atomic mass is 31.2. The lowest BCUT2D eigenvalue weighted by molar-refractivity contribution is -0.870. The topological polar surface area (TPSA) is 108 Å². The molecule has 1 amide bonds. The van der Waals surface area contributed by atoms with Crippen molar-refractivity contribution in [3.05, 3.63) is 12.2 Å². The van der Waals surface area contributed by atoms with Crippen molar-refractivity contribution in [1.29, 1.82) is 0 Å². The van der Waals surface area contributed by atoms with Crippen LogP contribution in [0.25, 0.3) is 0 Å². The summed E-state index contributed by atoms with van der Waals surface area (Å²) in [6.45, 7) is 4.78. The van der Waals surface area contributed by atoms with Crippen LogP contribution in [-0.2, 0) is 18.4 Å². The molecule has 0 heterocycles. The summed E-state index contributed by atoms with van der Waals surface area (Å²) in [5.41, 5.74) is 0. The van der Waals surface area contributed by atoms with Gasteiger partial charge in [0.2, 0.25) is 5.91 Å². The number of nitrogens with zero attached hydrogens (tertiary/aromatic N) is 1. The summed E-state index contributed by atoms with van der Waals surface area (Å²) < 4.78 is 23.5. The van der Waals surface area contributed by atoms with Gasteiger partial charge in [0.05, 0.1) is 39.9 Å². The van der Waals surface area contributed by atoms with E-state index in [0.717, 1.165) is 38.5 Å². The van der Waals surface area contributed by atoms with E-state index in [-0.39, 0.29) is 19.1 Å². The van der Waals surface area contributed by atoms with Crippen molar-refractivity contribution >= 4 is 13.7 Å². The van der Waals surface area contributed by atoms with E-state index in [9.17, 15) is 19.4 Å². The van der Waals surface area contributed by atoms with E-state index in [1.165, 1.54) is 276 Å². The first kappa shape index (κ1) is 72.2. The molecule has 9 heteroatoms. The van der Waals surface area contributed by atoms with Crippen molar-refractivity contribution in [3.63, 3.8) is 0 Å². The number of likely N-dealkylation sites (N-methyl/N-ethyl adjacent to an activating group) is 1. The predicted octanol–water partition coefficient (Wildman–Crippen LogP) is 19.5. The second kappa shape index (κ2) is 56.0.